The summed E-state index contributed by atoms with van der Waals surface area (Å²) in [5.41, 5.74) is 1.94. The van der Waals surface area contributed by atoms with Gasteiger partial charge in [-0.3, -0.25) is 14.7 Å². The Labute approximate surface area is 256 Å². The van der Waals surface area contributed by atoms with Crippen LogP contribution in [0.4, 0.5) is 10.1 Å². The van der Waals surface area contributed by atoms with Gasteiger partial charge in [-0.05, 0) is 81.6 Å². The molecule has 1 aromatic heterocycles. The van der Waals surface area contributed by atoms with Gasteiger partial charge in [-0.1, -0.05) is 18.2 Å². The molecule has 0 bridgehead atoms. The number of fused-ring (bicyclic) bond motifs is 1. The predicted molar refractivity (Wildman–Crippen MR) is 166 cm³/mol. The normalized spacial score (nSPS) is 19.8. The van der Waals surface area contributed by atoms with Crippen molar-refractivity contribution in [2.24, 2.45) is 0 Å². The monoisotopic (exact) mass is 620 g/mol. The zero-order valence-electron chi connectivity index (χ0n) is 24.8. The number of amides is 1. The van der Waals surface area contributed by atoms with Crippen LogP contribution in [0, 0.1) is 5.82 Å². The van der Waals surface area contributed by atoms with Gasteiger partial charge < -0.3 is 15.4 Å². The van der Waals surface area contributed by atoms with E-state index in [1.165, 1.54) is 24.3 Å². The van der Waals surface area contributed by atoms with Gasteiger partial charge in [0.1, 0.15) is 18.2 Å². The maximum absolute atomic E-state index is 13.8. The largest absolute Gasteiger partial charge is 0.359 e. The van der Waals surface area contributed by atoms with Crippen LogP contribution in [-0.4, -0.2) is 73.8 Å². The van der Waals surface area contributed by atoms with Crippen molar-refractivity contribution < 1.29 is 22.3 Å². The molecule has 10 nitrogen and oxygen atoms in total. The van der Waals surface area contributed by atoms with E-state index in [9.17, 15) is 17.6 Å². The number of anilines is 1. The van der Waals surface area contributed by atoms with E-state index in [0.717, 1.165) is 37.6 Å². The highest BCUT2D eigenvalue weighted by atomic mass is 32.2. The number of carbonyl (C=O) groups is 1. The number of carbonyl (C=O) groups excluding carboxylic acids is 1. The Morgan fingerprint density at radius 2 is 1.84 bits per heavy atom. The SMILES string of the molecule is CC(C)N1CCN(n2ncc3cc(S(=O)(=O)c4cccc(F)c4)ccc32)C(NC(=O)c2ccccc2NC2CCCCO2)C1. The first-order valence-corrected chi connectivity index (χ1v) is 16.5. The fourth-order valence-electron chi connectivity index (χ4n) is 5.81. The molecule has 3 heterocycles. The van der Waals surface area contributed by atoms with Gasteiger partial charge in [0, 0.05) is 36.8 Å². The van der Waals surface area contributed by atoms with Crippen molar-refractivity contribution in [3.8, 4) is 0 Å². The molecule has 2 unspecified atom stereocenters. The van der Waals surface area contributed by atoms with Crippen molar-refractivity contribution in [3.63, 3.8) is 0 Å². The second kappa shape index (κ2) is 12.5. The summed E-state index contributed by atoms with van der Waals surface area (Å²) in [6.45, 7) is 6.86. The van der Waals surface area contributed by atoms with Crippen LogP contribution in [0.5, 0.6) is 0 Å². The van der Waals surface area contributed by atoms with Gasteiger partial charge in [-0.15, -0.1) is 0 Å². The van der Waals surface area contributed by atoms with Crippen LogP contribution in [0.1, 0.15) is 43.5 Å². The molecule has 6 rings (SSSR count). The Balaban J connectivity index is 1.28. The Hall–Kier alpha value is -4.00. The summed E-state index contributed by atoms with van der Waals surface area (Å²) in [5, 5.41) is 13.9. The molecule has 0 radical (unpaired) electrons. The van der Waals surface area contributed by atoms with Crippen molar-refractivity contribution in [3.05, 3.63) is 84.3 Å². The van der Waals surface area contributed by atoms with E-state index in [-0.39, 0.29) is 28.0 Å². The molecule has 3 aromatic carbocycles. The van der Waals surface area contributed by atoms with E-state index in [4.69, 9.17) is 4.74 Å². The van der Waals surface area contributed by atoms with Crippen LogP contribution >= 0.6 is 0 Å². The average molecular weight is 621 g/mol. The maximum atomic E-state index is 13.8. The van der Waals surface area contributed by atoms with Gasteiger partial charge in [0.15, 0.2) is 0 Å². The van der Waals surface area contributed by atoms with Crippen LogP contribution in [0.2, 0.25) is 0 Å². The van der Waals surface area contributed by atoms with E-state index >= 15 is 0 Å². The van der Waals surface area contributed by atoms with Crippen LogP contribution in [0.15, 0.2) is 82.7 Å². The van der Waals surface area contributed by atoms with E-state index < -0.39 is 21.8 Å². The fourth-order valence-corrected chi connectivity index (χ4v) is 7.14. The molecule has 2 saturated heterocycles. The number of hydrogen-bond acceptors (Lipinski definition) is 8. The van der Waals surface area contributed by atoms with Crippen molar-refractivity contribution in [1.29, 1.82) is 0 Å². The molecule has 232 valence electrons. The van der Waals surface area contributed by atoms with Crippen LogP contribution in [0.25, 0.3) is 10.9 Å². The third-order valence-electron chi connectivity index (χ3n) is 8.26. The second-order valence-corrected chi connectivity index (χ2v) is 13.5. The van der Waals surface area contributed by atoms with Crippen LogP contribution in [0.3, 0.4) is 0 Å². The smallest absolute Gasteiger partial charge is 0.255 e. The summed E-state index contributed by atoms with van der Waals surface area (Å²) in [6, 6.07) is 17.4. The minimum atomic E-state index is -3.93. The quantitative estimate of drug-likeness (QED) is 0.299. The molecule has 2 N–H and O–H groups in total. The third-order valence-corrected chi connectivity index (χ3v) is 10.0. The van der Waals surface area contributed by atoms with Crippen molar-refractivity contribution in [1.82, 2.24) is 20.1 Å². The van der Waals surface area contributed by atoms with Crippen LogP contribution < -0.4 is 15.6 Å². The first-order chi connectivity index (χ1) is 21.2. The first kappa shape index (κ1) is 30.0. The topological polar surface area (TPSA) is 109 Å². The van der Waals surface area contributed by atoms with E-state index in [1.54, 1.807) is 29.2 Å². The molecule has 44 heavy (non-hydrogen) atoms. The number of piperazine rings is 1. The number of benzene rings is 3. The predicted octanol–water partition coefficient (Wildman–Crippen LogP) is 4.36. The molecule has 2 fully saturated rings. The molecule has 0 saturated carbocycles. The minimum absolute atomic E-state index is 0.0516. The highest BCUT2D eigenvalue weighted by molar-refractivity contribution is 7.91. The Kier molecular flexibility index (Phi) is 8.57. The lowest BCUT2D eigenvalue weighted by molar-refractivity contribution is 0.0343. The Morgan fingerprint density at radius 3 is 2.61 bits per heavy atom. The van der Waals surface area contributed by atoms with E-state index in [0.29, 0.717) is 36.2 Å². The first-order valence-electron chi connectivity index (χ1n) is 15.0. The second-order valence-electron chi connectivity index (χ2n) is 11.5. The summed E-state index contributed by atoms with van der Waals surface area (Å²) < 4.78 is 46.1. The lowest BCUT2D eigenvalue weighted by atomic mass is 10.1. The number of rotatable bonds is 8. The molecule has 12 heteroatoms. The number of aromatic nitrogens is 2. The van der Waals surface area contributed by atoms with Gasteiger partial charge in [0.05, 0.1) is 33.6 Å². The maximum Gasteiger partial charge on any atom is 0.255 e. The zero-order chi connectivity index (χ0) is 30.8. The highest BCUT2D eigenvalue weighted by Gasteiger charge is 2.32. The standard InChI is InChI=1S/C32H37FN6O4S/c1-22(2)37-15-16-38(30(21-37)36-32(40)27-10-3-4-11-28(27)35-31-12-5-6-17-43-31)39-29-14-13-26(18-23(29)20-34-39)44(41,42)25-9-7-8-24(33)19-25/h3-4,7-11,13-14,18-20,22,30-31,35H,5-6,12,15-17,21H2,1-2H3,(H,36,40). The summed E-state index contributed by atoms with van der Waals surface area (Å²) in [7, 11) is -3.93. The van der Waals surface area contributed by atoms with E-state index in [2.05, 4.69) is 34.5 Å². The molecule has 2 atom stereocenters. The number of ether oxygens (including phenoxy) is 1. The summed E-state index contributed by atoms with van der Waals surface area (Å²) in [4.78, 5) is 17.8. The molecule has 0 aliphatic carbocycles. The van der Waals surface area contributed by atoms with Crippen molar-refractivity contribution in [2.75, 3.05) is 36.6 Å². The molecular formula is C32H37FN6O4S. The zero-order valence-corrected chi connectivity index (χ0v) is 25.6. The Morgan fingerprint density at radius 1 is 1.02 bits per heavy atom. The van der Waals surface area contributed by atoms with Gasteiger partial charge in [-0.25, -0.2) is 12.8 Å². The molecule has 4 aromatic rings. The molecular weight excluding hydrogens is 583 g/mol. The minimum Gasteiger partial charge on any atom is -0.359 e. The average Bonchev–Trinajstić information content (AvgIpc) is 3.45. The number of halogens is 1. The summed E-state index contributed by atoms with van der Waals surface area (Å²) >= 11 is 0. The van der Waals surface area contributed by atoms with Gasteiger partial charge in [0.2, 0.25) is 9.84 Å². The van der Waals surface area contributed by atoms with Gasteiger partial charge in [-0.2, -0.15) is 9.89 Å². The lowest BCUT2D eigenvalue weighted by Crippen LogP contribution is -2.65. The van der Waals surface area contributed by atoms with Crippen molar-refractivity contribution in [2.45, 2.75) is 61.3 Å². The third kappa shape index (κ3) is 6.15. The number of nitrogens with one attached hydrogen (secondary N) is 2. The summed E-state index contributed by atoms with van der Waals surface area (Å²) in [6.07, 6.45) is 4.05. The van der Waals surface area contributed by atoms with E-state index in [1.807, 2.05) is 23.2 Å². The molecule has 1 amide bonds. The molecule has 0 spiro atoms. The Bertz CT molecular complexity index is 1750. The van der Waals surface area contributed by atoms with Gasteiger partial charge >= 0.3 is 0 Å². The van der Waals surface area contributed by atoms with Gasteiger partial charge in [0.25, 0.3) is 5.91 Å². The van der Waals surface area contributed by atoms with Crippen LogP contribution in [-0.2, 0) is 14.6 Å². The number of sulfone groups is 1. The molecule has 2 aliphatic rings. The molecule has 2 aliphatic heterocycles. The fraction of sp³-hybridized carbons (Fsp3) is 0.375. The number of para-hydroxylation sites is 1. The number of nitrogens with zero attached hydrogens (tertiary/aromatic N) is 4. The summed E-state index contributed by atoms with van der Waals surface area (Å²) in [5.74, 6) is -0.834. The van der Waals surface area contributed by atoms with Crippen molar-refractivity contribution >= 4 is 32.3 Å². The highest BCUT2D eigenvalue weighted by Crippen LogP contribution is 2.27. The number of hydrogen-bond donors (Lipinski definition) is 2. The lowest BCUT2D eigenvalue weighted by Gasteiger charge is -2.44.